The van der Waals surface area contributed by atoms with Gasteiger partial charge in [-0.1, -0.05) is 19.8 Å². The molecule has 2 aromatic rings. The van der Waals surface area contributed by atoms with Gasteiger partial charge in [-0.15, -0.1) is 0 Å². The van der Waals surface area contributed by atoms with Gasteiger partial charge in [-0.05, 0) is 37.5 Å². The standard InChI is InChI=1S/C32H46N6O8/c1-4-26-31(41)37(2)27-22-34-32(36-29(27)38(26)24-7-5-6-8-24)35-25-10-9-23(21-28(25)42-3)30(40)33-11-13-43-15-17-45-19-20-46-18-16-44-14-12-39/h9-10,12,21-22,24,26H,4-8,11,13-20H2,1-3H3,(H,33,40)(H,34,35,36)/t26-/m1/s1. The molecule has 4 rings (SSSR count). The maximum atomic E-state index is 13.2. The summed E-state index contributed by atoms with van der Waals surface area (Å²) in [6, 6.07) is 5.13. The van der Waals surface area contributed by atoms with Crippen LogP contribution in [-0.2, 0) is 28.5 Å². The molecule has 0 radical (unpaired) electrons. The van der Waals surface area contributed by atoms with Gasteiger partial charge in [0.25, 0.3) is 5.91 Å². The Labute approximate surface area is 270 Å². The molecule has 2 heterocycles. The number of aldehydes is 1. The SMILES string of the molecule is CC[C@@H]1C(=O)N(C)c2cnc(Nc3ccc(C(=O)NCCOCCOCCOCCOCC=O)cc3OC)nc2N1C1CCCC1. The maximum absolute atomic E-state index is 13.2. The molecule has 1 aromatic carbocycles. The van der Waals surface area contributed by atoms with Crippen molar-refractivity contribution in [3.63, 3.8) is 0 Å². The third kappa shape index (κ3) is 9.34. The Balaban J connectivity index is 1.25. The van der Waals surface area contributed by atoms with E-state index in [0.29, 0.717) is 94.1 Å². The number of carbonyl (C=O) groups is 3. The Bertz CT molecular complexity index is 1290. The highest BCUT2D eigenvalue weighted by Gasteiger charge is 2.41. The zero-order chi connectivity index (χ0) is 32.7. The lowest BCUT2D eigenvalue weighted by atomic mass is 10.0. The summed E-state index contributed by atoms with van der Waals surface area (Å²) in [5.41, 5.74) is 1.74. The van der Waals surface area contributed by atoms with Crippen molar-refractivity contribution in [2.24, 2.45) is 0 Å². The van der Waals surface area contributed by atoms with E-state index in [1.807, 2.05) is 6.92 Å². The van der Waals surface area contributed by atoms with Crippen molar-refractivity contribution in [2.45, 2.75) is 51.1 Å². The van der Waals surface area contributed by atoms with Crippen LogP contribution in [0, 0.1) is 0 Å². The number of anilines is 4. The molecule has 1 aliphatic carbocycles. The quantitative estimate of drug-likeness (QED) is 0.161. The van der Waals surface area contributed by atoms with Crippen LogP contribution in [-0.4, -0.2) is 114 Å². The van der Waals surface area contributed by atoms with Crippen LogP contribution in [0.5, 0.6) is 5.75 Å². The zero-order valence-electron chi connectivity index (χ0n) is 27.0. The molecule has 0 spiro atoms. The number of hydrogen-bond donors (Lipinski definition) is 2. The van der Waals surface area contributed by atoms with Crippen LogP contribution in [0.2, 0.25) is 0 Å². The Hall–Kier alpha value is -3.85. The molecule has 1 aliphatic heterocycles. The Morgan fingerprint density at radius 2 is 1.70 bits per heavy atom. The van der Waals surface area contributed by atoms with Gasteiger partial charge >= 0.3 is 0 Å². The van der Waals surface area contributed by atoms with Crippen molar-refractivity contribution in [1.29, 1.82) is 0 Å². The van der Waals surface area contributed by atoms with Gasteiger partial charge in [0.2, 0.25) is 11.9 Å². The fourth-order valence-corrected chi connectivity index (χ4v) is 5.63. The Morgan fingerprint density at radius 3 is 2.35 bits per heavy atom. The summed E-state index contributed by atoms with van der Waals surface area (Å²) in [7, 11) is 3.31. The number of benzene rings is 1. The van der Waals surface area contributed by atoms with Crippen LogP contribution in [0.3, 0.4) is 0 Å². The number of ether oxygens (including phenoxy) is 5. The molecule has 2 aliphatic rings. The second kappa shape index (κ2) is 18.3. The van der Waals surface area contributed by atoms with E-state index in [4.69, 9.17) is 28.7 Å². The minimum absolute atomic E-state index is 0.0656. The molecule has 0 bridgehead atoms. The number of amides is 2. The molecule has 252 valence electrons. The summed E-state index contributed by atoms with van der Waals surface area (Å²) in [4.78, 5) is 49.3. The van der Waals surface area contributed by atoms with Crippen molar-refractivity contribution in [3.05, 3.63) is 30.0 Å². The van der Waals surface area contributed by atoms with E-state index in [1.54, 1.807) is 36.3 Å². The van der Waals surface area contributed by atoms with Crippen molar-refractivity contribution in [1.82, 2.24) is 15.3 Å². The van der Waals surface area contributed by atoms with E-state index in [1.165, 1.54) is 7.11 Å². The summed E-state index contributed by atoms with van der Waals surface area (Å²) in [5.74, 6) is 1.41. The number of methoxy groups -OCH3 is 1. The van der Waals surface area contributed by atoms with Crippen molar-refractivity contribution in [3.8, 4) is 5.75 Å². The largest absolute Gasteiger partial charge is 0.495 e. The zero-order valence-corrected chi connectivity index (χ0v) is 27.0. The van der Waals surface area contributed by atoms with Gasteiger partial charge in [0.15, 0.2) is 5.82 Å². The molecule has 14 nitrogen and oxygen atoms in total. The summed E-state index contributed by atoms with van der Waals surface area (Å²) in [6.45, 7) is 5.21. The first kappa shape index (κ1) is 35.0. The van der Waals surface area contributed by atoms with Crippen molar-refractivity contribution in [2.75, 3.05) is 88.7 Å². The molecule has 2 N–H and O–H groups in total. The normalized spacial score (nSPS) is 16.4. The highest BCUT2D eigenvalue weighted by atomic mass is 16.6. The summed E-state index contributed by atoms with van der Waals surface area (Å²) < 4.78 is 26.8. The Kier molecular flexibility index (Phi) is 14.0. The Morgan fingerprint density at radius 1 is 1.02 bits per heavy atom. The van der Waals surface area contributed by atoms with Gasteiger partial charge in [-0.2, -0.15) is 4.98 Å². The predicted octanol–water partition coefficient (Wildman–Crippen LogP) is 2.73. The number of nitrogens with zero attached hydrogens (tertiary/aromatic N) is 4. The van der Waals surface area contributed by atoms with E-state index < -0.39 is 0 Å². The van der Waals surface area contributed by atoms with Crippen LogP contribution in [0.1, 0.15) is 49.4 Å². The van der Waals surface area contributed by atoms with Crippen LogP contribution in [0.15, 0.2) is 24.4 Å². The third-order valence-corrected chi connectivity index (χ3v) is 7.96. The van der Waals surface area contributed by atoms with Crippen molar-refractivity contribution < 1.29 is 38.1 Å². The van der Waals surface area contributed by atoms with Gasteiger partial charge in [-0.3, -0.25) is 9.59 Å². The van der Waals surface area contributed by atoms with E-state index >= 15 is 0 Å². The number of carbonyl (C=O) groups excluding carboxylic acids is 3. The monoisotopic (exact) mass is 642 g/mol. The highest BCUT2D eigenvalue weighted by molar-refractivity contribution is 6.04. The molecule has 46 heavy (non-hydrogen) atoms. The third-order valence-electron chi connectivity index (χ3n) is 7.96. The van der Waals surface area contributed by atoms with E-state index in [0.717, 1.165) is 31.5 Å². The van der Waals surface area contributed by atoms with Gasteiger partial charge < -0.3 is 48.9 Å². The number of fused-ring (bicyclic) bond motifs is 1. The van der Waals surface area contributed by atoms with E-state index in [2.05, 4.69) is 20.5 Å². The lowest BCUT2D eigenvalue weighted by molar-refractivity contribution is -0.120. The predicted molar refractivity (Wildman–Crippen MR) is 172 cm³/mol. The minimum Gasteiger partial charge on any atom is -0.495 e. The molecule has 0 unspecified atom stereocenters. The average Bonchev–Trinajstić information content (AvgIpc) is 3.61. The topological polar surface area (TPSA) is 154 Å². The average molecular weight is 643 g/mol. The van der Waals surface area contributed by atoms with E-state index in [-0.39, 0.29) is 30.5 Å². The summed E-state index contributed by atoms with van der Waals surface area (Å²) in [5, 5.41) is 6.09. The molecule has 0 saturated heterocycles. The first-order chi connectivity index (χ1) is 22.5. The number of likely N-dealkylation sites (N-methyl/N-ethyl adjacent to an activating group) is 1. The first-order valence-corrected chi connectivity index (χ1v) is 15.9. The van der Waals surface area contributed by atoms with Gasteiger partial charge in [-0.25, -0.2) is 4.98 Å². The van der Waals surface area contributed by atoms with E-state index in [9.17, 15) is 14.4 Å². The number of nitrogens with one attached hydrogen (secondary N) is 2. The number of rotatable bonds is 20. The number of hydrogen-bond acceptors (Lipinski definition) is 12. The van der Waals surface area contributed by atoms with Crippen LogP contribution in [0.25, 0.3) is 0 Å². The second-order valence-corrected chi connectivity index (χ2v) is 10.9. The number of aromatic nitrogens is 2. The molecular formula is C32H46N6O8. The van der Waals surface area contributed by atoms with Gasteiger partial charge in [0.05, 0.1) is 65.2 Å². The fraction of sp³-hybridized carbons (Fsp3) is 0.594. The molecule has 2 amide bonds. The fourth-order valence-electron chi connectivity index (χ4n) is 5.63. The molecule has 1 atom stereocenters. The van der Waals surface area contributed by atoms with Crippen LogP contribution < -0.4 is 25.2 Å². The van der Waals surface area contributed by atoms with Crippen LogP contribution in [0.4, 0.5) is 23.1 Å². The van der Waals surface area contributed by atoms with Crippen LogP contribution >= 0.6 is 0 Å². The molecule has 1 aromatic heterocycles. The lowest BCUT2D eigenvalue weighted by Gasteiger charge is -2.43. The molecule has 1 fully saturated rings. The first-order valence-electron chi connectivity index (χ1n) is 15.9. The van der Waals surface area contributed by atoms with Gasteiger partial charge in [0, 0.05) is 25.2 Å². The maximum Gasteiger partial charge on any atom is 0.251 e. The molecule has 14 heteroatoms. The minimum atomic E-state index is -0.257. The summed E-state index contributed by atoms with van der Waals surface area (Å²) >= 11 is 0. The van der Waals surface area contributed by atoms with Crippen molar-refractivity contribution >= 4 is 41.2 Å². The highest BCUT2D eigenvalue weighted by Crippen LogP contribution is 2.40. The molecular weight excluding hydrogens is 596 g/mol. The lowest BCUT2D eigenvalue weighted by Crippen LogP contribution is -2.55. The van der Waals surface area contributed by atoms with Gasteiger partial charge in [0.1, 0.15) is 30.4 Å². The summed E-state index contributed by atoms with van der Waals surface area (Å²) in [6.07, 6.45) is 7.45. The smallest absolute Gasteiger partial charge is 0.251 e. The second-order valence-electron chi connectivity index (χ2n) is 10.9. The molecule has 1 saturated carbocycles.